The predicted octanol–water partition coefficient (Wildman–Crippen LogP) is 2.06. The summed E-state index contributed by atoms with van der Waals surface area (Å²) in [4.78, 5) is 15.2. The Hall–Kier alpha value is -2.12. The van der Waals surface area contributed by atoms with Crippen LogP contribution in [0.25, 0.3) is 10.4 Å². The predicted molar refractivity (Wildman–Crippen MR) is 81.1 cm³/mol. The maximum atomic E-state index is 10.4. The Morgan fingerprint density at radius 2 is 2.27 bits per heavy atom. The molecule has 0 aliphatic heterocycles. The van der Waals surface area contributed by atoms with Crippen molar-refractivity contribution in [1.29, 1.82) is 0 Å². The van der Waals surface area contributed by atoms with Gasteiger partial charge < -0.3 is 10.0 Å². The van der Waals surface area contributed by atoms with Crippen molar-refractivity contribution in [2.75, 3.05) is 20.1 Å². The van der Waals surface area contributed by atoms with Crippen LogP contribution in [0.15, 0.2) is 11.3 Å². The summed E-state index contributed by atoms with van der Waals surface area (Å²) in [7, 11) is 1.99. The Labute approximate surface area is 129 Å². The van der Waals surface area contributed by atoms with Gasteiger partial charge in [0.2, 0.25) is 0 Å². The molecule has 0 unspecified atom stereocenters. The molecule has 1 N–H and O–H groups in total. The molecule has 0 amide bonds. The lowest BCUT2D eigenvalue weighted by molar-refractivity contribution is -0.137. The average molecular weight is 309 g/mol. The minimum absolute atomic E-state index is 0.225. The molecule has 0 saturated carbocycles. The lowest BCUT2D eigenvalue weighted by Crippen LogP contribution is -2.19. The molecule has 0 aromatic carbocycles. The first kappa shape index (κ1) is 17.9. The standard InChI is InChI=1S/C13H23N7O2/c1-19(8-5-7-15-17-14)10-12-11-20(18-16-12)9-4-2-3-6-13(21)22/h11H,2-10H2,1H3,(H,21,22). The van der Waals surface area contributed by atoms with Crippen molar-refractivity contribution in [3.63, 3.8) is 0 Å². The maximum Gasteiger partial charge on any atom is 0.303 e. The monoisotopic (exact) mass is 309 g/mol. The first-order valence-electron chi connectivity index (χ1n) is 7.42. The number of aromatic nitrogens is 3. The van der Waals surface area contributed by atoms with E-state index in [9.17, 15) is 4.79 Å². The zero-order valence-electron chi connectivity index (χ0n) is 12.9. The fourth-order valence-corrected chi connectivity index (χ4v) is 2.06. The molecule has 0 spiro atoms. The van der Waals surface area contributed by atoms with E-state index in [1.165, 1.54) is 0 Å². The van der Waals surface area contributed by atoms with Crippen LogP contribution in [0, 0.1) is 0 Å². The van der Waals surface area contributed by atoms with Crippen LogP contribution >= 0.6 is 0 Å². The highest BCUT2D eigenvalue weighted by atomic mass is 16.4. The maximum absolute atomic E-state index is 10.4. The van der Waals surface area contributed by atoms with Crippen LogP contribution in [0.4, 0.5) is 0 Å². The summed E-state index contributed by atoms with van der Waals surface area (Å²) in [5, 5.41) is 20.2. The number of hydrogen-bond acceptors (Lipinski definition) is 5. The summed E-state index contributed by atoms with van der Waals surface area (Å²) >= 11 is 0. The normalized spacial score (nSPS) is 10.6. The molecule has 22 heavy (non-hydrogen) atoms. The molecule has 122 valence electrons. The number of rotatable bonds is 12. The lowest BCUT2D eigenvalue weighted by atomic mass is 10.2. The van der Waals surface area contributed by atoms with Crippen LogP contribution in [0.1, 0.15) is 37.8 Å². The molecular formula is C13H23N7O2. The van der Waals surface area contributed by atoms with Gasteiger partial charge in [0.05, 0.1) is 5.69 Å². The van der Waals surface area contributed by atoms with Gasteiger partial charge in [-0.1, -0.05) is 16.7 Å². The van der Waals surface area contributed by atoms with E-state index in [2.05, 4.69) is 25.2 Å². The highest BCUT2D eigenvalue weighted by Crippen LogP contribution is 2.04. The number of unbranched alkanes of at least 4 members (excludes halogenated alkanes) is 2. The number of carboxylic acid groups (broad SMARTS) is 1. The van der Waals surface area contributed by atoms with Crippen LogP contribution in [0.5, 0.6) is 0 Å². The van der Waals surface area contributed by atoms with Crippen molar-refractivity contribution in [3.8, 4) is 0 Å². The SMILES string of the molecule is CN(CCCN=[N+]=[N-])Cc1cn(CCCCCC(=O)O)nn1. The summed E-state index contributed by atoms with van der Waals surface area (Å²) in [5.74, 6) is -0.744. The second-order valence-corrected chi connectivity index (χ2v) is 5.22. The molecule has 1 heterocycles. The zero-order valence-corrected chi connectivity index (χ0v) is 12.9. The van der Waals surface area contributed by atoms with Gasteiger partial charge in [-0.25, -0.2) is 0 Å². The number of hydrogen-bond donors (Lipinski definition) is 1. The van der Waals surface area contributed by atoms with Gasteiger partial charge in [0.1, 0.15) is 0 Å². The van der Waals surface area contributed by atoms with E-state index < -0.39 is 5.97 Å². The van der Waals surface area contributed by atoms with E-state index in [0.29, 0.717) is 19.5 Å². The highest BCUT2D eigenvalue weighted by molar-refractivity contribution is 5.66. The third kappa shape index (κ3) is 8.23. The number of nitrogens with zero attached hydrogens (tertiary/aromatic N) is 7. The number of azide groups is 1. The number of aryl methyl sites for hydroxylation is 1. The fraction of sp³-hybridized carbons (Fsp3) is 0.769. The van der Waals surface area contributed by atoms with Crippen molar-refractivity contribution in [2.45, 2.75) is 45.2 Å². The minimum Gasteiger partial charge on any atom is -0.481 e. The quantitative estimate of drug-likeness (QED) is 0.274. The van der Waals surface area contributed by atoms with Gasteiger partial charge in [-0.3, -0.25) is 9.48 Å². The van der Waals surface area contributed by atoms with Crippen LogP contribution in [0.2, 0.25) is 0 Å². The number of carbonyl (C=O) groups is 1. The molecule has 0 atom stereocenters. The van der Waals surface area contributed by atoms with Gasteiger partial charge >= 0.3 is 5.97 Å². The molecule has 1 rings (SSSR count). The Balaban J connectivity index is 2.20. The molecule has 0 aliphatic rings. The summed E-state index contributed by atoms with van der Waals surface area (Å²) < 4.78 is 1.80. The van der Waals surface area contributed by atoms with Crippen molar-refractivity contribution >= 4 is 5.97 Å². The van der Waals surface area contributed by atoms with E-state index in [4.69, 9.17) is 10.6 Å². The molecule has 1 aromatic heterocycles. The Kier molecular flexibility index (Phi) is 8.63. The average Bonchev–Trinajstić information content (AvgIpc) is 2.90. The van der Waals surface area contributed by atoms with Gasteiger partial charge in [-0.05, 0) is 38.4 Å². The second-order valence-electron chi connectivity index (χ2n) is 5.22. The summed E-state index contributed by atoms with van der Waals surface area (Å²) in [6.45, 7) is 2.80. The van der Waals surface area contributed by atoms with Crippen molar-refractivity contribution in [3.05, 3.63) is 22.3 Å². The molecule has 9 nitrogen and oxygen atoms in total. The Bertz CT molecular complexity index is 496. The van der Waals surface area contributed by atoms with Crippen molar-refractivity contribution < 1.29 is 9.90 Å². The smallest absolute Gasteiger partial charge is 0.303 e. The lowest BCUT2D eigenvalue weighted by Gasteiger charge is -2.13. The van der Waals surface area contributed by atoms with Gasteiger partial charge in [-0.15, -0.1) is 5.10 Å². The van der Waals surface area contributed by atoms with E-state index in [0.717, 1.165) is 38.0 Å². The van der Waals surface area contributed by atoms with Gasteiger partial charge in [0, 0.05) is 37.2 Å². The third-order valence-electron chi connectivity index (χ3n) is 3.16. The largest absolute Gasteiger partial charge is 0.481 e. The molecular weight excluding hydrogens is 286 g/mol. The summed E-state index contributed by atoms with van der Waals surface area (Å²) in [6, 6.07) is 0. The summed E-state index contributed by atoms with van der Waals surface area (Å²) in [6.07, 6.45) is 5.44. The Morgan fingerprint density at radius 1 is 1.45 bits per heavy atom. The van der Waals surface area contributed by atoms with Crippen LogP contribution in [0.3, 0.4) is 0 Å². The topological polar surface area (TPSA) is 120 Å². The second kappa shape index (κ2) is 10.6. The van der Waals surface area contributed by atoms with E-state index in [1.54, 1.807) is 4.68 Å². The molecule has 0 fully saturated rings. The molecule has 0 bridgehead atoms. The van der Waals surface area contributed by atoms with Crippen molar-refractivity contribution in [1.82, 2.24) is 19.9 Å². The summed E-state index contributed by atoms with van der Waals surface area (Å²) in [5.41, 5.74) is 9.10. The third-order valence-corrected chi connectivity index (χ3v) is 3.16. The minimum atomic E-state index is -0.744. The zero-order chi connectivity index (χ0) is 16.2. The molecule has 0 saturated heterocycles. The molecule has 0 radical (unpaired) electrons. The Morgan fingerprint density at radius 3 is 3.00 bits per heavy atom. The van der Waals surface area contributed by atoms with E-state index in [1.807, 2.05) is 13.2 Å². The van der Waals surface area contributed by atoms with Crippen molar-refractivity contribution in [2.24, 2.45) is 5.11 Å². The first-order chi connectivity index (χ1) is 10.6. The number of aliphatic carboxylic acids is 1. The van der Waals surface area contributed by atoms with E-state index >= 15 is 0 Å². The van der Waals surface area contributed by atoms with Crippen LogP contribution in [-0.2, 0) is 17.9 Å². The van der Waals surface area contributed by atoms with Gasteiger partial charge in [-0.2, -0.15) is 0 Å². The highest BCUT2D eigenvalue weighted by Gasteiger charge is 2.05. The first-order valence-corrected chi connectivity index (χ1v) is 7.42. The van der Waals surface area contributed by atoms with Gasteiger partial charge in [0.15, 0.2) is 0 Å². The van der Waals surface area contributed by atoms with Gasteiger partial charge in [0.25, 0.3) is 0 Å². The van der Waals surface area contributed by atoms with E-state index in [-0.39, 0.29) is 6.42 Å². The van der Waals surface area contributed by atoms with Crippen LogP contribution in [-0.4, -0.2) is 51.1 Å². The van der Waals surface area contributed by atoms with Crippen LogP contribution < -0.4 is 0 Å². The molecule has 0 aliphatic carbocycles. The fourth-order valence-electron chi connectivity index (χ4n) is 2.06. The molecule has 9 heteroatoms. The molecule has 1 aromatic rings. The number of carboxylic acids is 1.